The van der Waals surface area contributed by atoms with E-state index in [2.05, 4.69) is 4.72 Å². The van der Waals surface area contributed by atoms with E-state index in [4.69, 9.17) is 5.11 Å². The fourth-order valence-corrected chi connectivity index (χ4v) is 2.90. The van der Waals surface area contributed by atoms with E-state index >= 15 is 0 Å². The SMILES string of the molecule is O=S(=O)(NCC1CCC1)c1ccc(CO)cc1. The Morgan fingerprint density at radius 2 is 1.88 bits per heavy atom. The lowest BCUT2D eigenvalue weighted by Gasteiger charge is -2.25. The lowest BCUT2D eigenvalue weighted by molar-refractivity contribution is 0.282. The van der Waals surface area contributed by atoms with E-state index in [1.807, 2.05) is 0 Å². The molecule has 1 aromatic rings. The Kier molecular flexibility index (Phi) is 3.81. The van der Waals surface area contributed by atoms with Gasteiger partial charge >= 0.3 is 0 Å². The third-order valence-corrected chi connectivity index (χ3v) is 4.64. The first kappa shape index (κ1) is 12.5. The first-order chi connectivity index (χ1) is 8.12. The van der Waals surface area contributed by atoms with Crippen LogP contribution in [0.5, 0.6) is 0 Å². The zero-order valence-electron chi connectivity index (χ0n) is 9.59. The molecule has 17 heavy (non-hydrogen) atoms. The van der Waals surface area contributed by atoms with Gasteiger partial charge < -0.3 is 5.11 Å². The second-order valence-corrected chi connectivity index (χ2v) is 6.22. The predicted octanol–water partition coefficient (Wildman–Crippen LogP) is 1.26. The summed E-state index contributed by atoms with van der Waals surface area (Å²) >= 11 is 0. The average molecular weight is 255 g/mol. The highest BCUT2D eigenvalue weighted by atomic mass is 32.2. The molecule has 94 valence electrons. The minimum Gasteiger partial charge on any atom is -0.392 e. The van der Waals surface area contributed by atoms with Crippen LogP contribution in [0.4, 0.5) is 0 Å². The van der Waals surface area contributed by atoms with E-state index in [0.29, 0.717) is 18.0 Å². The first-order valence-corrected chi connectivity index (χ1v) is 7.29. The van der Waals surface area contributed by atoms with Gasteiger partial charge in [0, 0.05) is 6.54 Å². The van der Waals surface area contributed by atoms with Crippen molar-refractivity contribution in [2.75, 3.05) is 6.54 Å². The molecule has 1 saturated carbocycles. The zero-order chi connectivity index (χ0) is 12.3. The highest BCUT2D eigenvalue weighted by Crippen LogP contribution is 2.25. The fraction of sp³-hybridized carbons (Fsp3) is 0.500. The van der Waals surface area contributed by atoms with Gasteiger partial charge in [-0.3, -0.25) is 0 Å². The number of benzene rings is 1. The topological polar surface area (TPSA) is 66.4 Å². The van der Waals surface area contributed by atoms with Crippen LogP contribution < -0.4 is 4.72 Å². The van der Waals surface area contributed by atoms with Gasteiger partial charge in [-0.25, -0.2) is 13.1 Å². The Balaban J connectivity index is 2.02. The zero-order valence-corrected chi connectivity index (χ0v) is 10.4. The molecular weight excluding hydrogens is 238 g/mol. The molecule has 1 aromatic carbocycles. The fourth-order valence-electron chi connectivity index (χ4n) is 1.78. The maximum absolute atomic E-state index is 11.9. The van der Waals surface area contributed by atoms with Gasteiger partial charge in [0.1, 0.15) is 0 Å². The maximum atomic E-state index is 11.9. The van der Waals surface area contributed by atoms with Crippen molar-refractivity contribution < 1.29 is 13.5 Å². The van der Waals surface area contributed by atoms with Crippen LogP contribution in [0.1, 0.15) is 24.8 Å². The Bertz CT molecular complexity index is 463. The Labute approximate surface area is 102 Å². The quantitative estimate of drug-likeness (QED) is 0.832. The minimum atomic E-state index is -3.39. The Morgan fingerprint density at radius 3 is 2.35 bits per heavy atom. The van der Waals surface area contributed by atoms with Gasteiger partial charge in [0.2, 0.25) is 10.0 Å². The third-order valence-electron chi connectivity index (χ3n) is 3.20. The summed E-state index contributed by atoms with van der Waals surface area (Å²) in [6.45, 7) is 0.458. The van der Waals surface area contributed by atoms with E-state index in [1.165, 1.54) is 18.6 Å². The Hall–Kier alpha value is -0.910. The van der Waals surface area contributed by atoms with Gasteiger partial charge in [0.15, 0.2) is 0 Å². The van der Waals surface area contributed by atoms with E-state index in [0.717, 1.165) is 12.8 Å². The van der Waals surface area contributed by atoms with E-state index in [1.54, 1.807) is 12.1 Å². The van der Waals surface area contributed by atoms with Crippen molar-refractivity contribution in [1.29, 1.82) is 0 Å². The highest BCUT2D eigenvalue weighted by Gasteiger charge is 2.21. The second kappa shape index (κ2) is 5.16. The number of aliphatic hydroxyl groups is 1. The van der Waals surface area contributed by atoms with Crippen LogP contribution in [0.2, 0.25) is 0 Å². The van der Waals surface area contributed by atoms with E-state index in [-0.39, 0.29) is 11.5 Å². The highest BCUT2D eigenvalue weighted by molar-refractivity contribution is 7.89. The summed E-state index contributed by atoms with van der Waals surface area (Å²) in [6, 6.07) is 6.29. The van der Waals surface area contributed by atoms with Crippen molar-refractivity contribution in [1.82, 2.24) is 4.72 Å². The molecule has 1 aliphatic rings. The van der Waals surface area contributed by atoms with Crippen molar-refractivity contribution in [3.8, 4) is 0 Å². The molecule has 0 atom stereocenters. The van der Waals surface area contributed by atoms with Gasteiger partial charge in [-0.1, -0.05) is 18.6 Å². The summed E-state index contributed by atoms with van der Waals surface area (Å²) in [5, 5.41) is 8.88. The lowest BCUT2D eigenvalue weighted by Crippen LogP contribution is -2.32. The summed E-state index contributed by atoms with van der Waals surface area (Å²) in [4.78, 5) is 0.258. The molecule has 0 bridgehead atoms. The summed E-state index contributed by atoms with van der Waals surface area (Å²) in [5.41, 5.74) is 0.711. The van der Waals surface area contributed by atoms with Gasteiger partial charge in [0.25, 0.3) is 0 Å². The molecule has 0 radical (unpaired) electrons. The molecule has 0 aromatic heterocycles. The van der Waals surface area contributed by atoms with Crippen molar-refractivity contribution >= 4 is 10.0 Å². The van der Waals surface area contributed by atoms with Crippen LogP contribution in [0.3, 0.4) is 0 Å². The smallest absolute Gasteiger partial charge is 0.240 e. The van der Waals surface area contributed by atoms with E-state index < -0.39 is 10.0 Å². The van der Waals surface area contributed by atoms with Crippen molar-refractivity contribution in [2.24, 2.45) is 5.92 Å². The molecule has 1 fully saturated rings. The molecule has 0 amide bonds. The summed E-state index contributed by atoms with van der Waals surface area (Å²) < 4.78 is 26.4. The molecule has 5 heteroatoms. The monoisotopic (exact) mass is 255 g/mol. The van der Waals surface area contributed by atoms with Crippen molar-refractivity contribution in [3.63, 3.8) is 0 Å². The molecule has 1 aliphatic carbocycles. The van der Waals surface area contributed by atoms with Crippen LogP contribution >= 0.6 is 0 Å². The standard InChI is InChI=1S/C12H17NO3S/c14-9-11-4-6-12(7-5-11)17(15,16)13-8-10-2-1-3-10/h4-7,10,13-14H,1-3,8-9H2. The van der Waals surface area contributed by atoms with Gasteiger partial charge in [-0.15, -0.1) is 0 Å². The molecule has 0 spiro atoms. The van der Waals surface area contributed by atoms with Crippen LogP contribution in [-0.4, -0.2) is 20.1 Å². The van der Waals surface area contributed by atoms with E-state index in [9.17, 15) is 8.42 Å². The minimum absolute atomic E-state index is 0.0736. The van der Waals surface area contributed by atoms with Gasteiger partial charge in [0.05, 0.1) is 11.5 Å². The number of aliphatic hydroxyl groups excluding tert-OH is 1. The number of hydrogen-bond donors (Lipinski definition) is 2. The average Bonchev–Trinajstić information content (AvgIpc) is 2.27. The molecule has 0 saturated heterocycles. The van der Waals surface area contributed by atoms with Gasteiger partial charge in [-0.2, -0.15) is 0 Å². The molecule has 0 heterocycles. The molecule has 4 nitrogen and oxygen atoms in total. The number of sulfonamides is 1. The maximum Gasteiger partial charge on any atom is 0.240 e. The first-order valence-electron chi connectivity index (χ1n) is 5.81. The van der Waals surface area contributed by atoms with Crippen LogP contribution in [0.15, 0.2) is 29.2 Å². The van der Waals surface area contributed by atoms with Crippen LogP contribution in [0.25, 0.3) is 0 Å². The molecule has 2 N–H and O–H groups in total. The summed E-state index contributed by atoms with van der Waals surface area (Å²) in [6.07, 6.45) is 3.44. The van der Waals surface area contributed by atoms with Crippen LogP contribution in [0, 0.1) is 5.92 Å². The molecular formula is C12H17NO3S. The number of rotatable bonds is 5. The summed E-state index contributed by atoms with van der Waals surface area (Å²) in [5.74, 6) is 0.501. The predicted molar refractivity (Wildman–Crippen MR) is 64.9 cm³/mol. The van der Waals surface area contributed by atoms with Crippen molar-refractivity contribution in [2.45, 2.75) is 30.8 Å². The normalized spacial score (nSPS) is 16.8. The second-order valence-electron chi connectivity index (χ2n) is 4.45. The summed E-state index contributed by atoms with van der Waals surface area (Å²) in [7, 11) is -3.39. The number of nitrogens with one attached hydrogen (secondary N) is 1. The molecule has 0 aliphatic heterocycles. The largest absolute Gasteiger partial charge is 0.392 e. The third kappa shape index (κ3) is 3.06. The van der Waals surface area contributed by atoms with Gasteiger partial charge in [-0.05, 0) is 36.5 Å². The number of hydrogen-bond acceptors (Lipinski definition) is 3. The molecule has 2 rings (SSSR count). The Morgan fingerprint density at radius 1 is 1.24 bits per heavy atom. The van der Waals surface area contributed by atoms with Crippen molar-refractivity contribution in [3.05, 3.63) is 29.8 Å². The molecule has 0 unspecified atom stereocenters. The van der Waals surface area contributed by atoms with Crippen LogP contribution in [-0.2, 0) is 16.6 Å². The lowest BCUT2D eigenvalue weighted by atomic mass is 9.86.